The van der Waals surface area contributed by atoms with Gasteiger partial charge < -0.3 is 14.5 Å². The average molecular weight is 534 g/mol. The summed E-state index contributed by atoms with van der Waals surface area (Å²) >= 11 is 0. The molecule has 7 atom stereocenters. The number of allylic oxidation sites excluding steroid dienone is 3. The average Bonchev–Trinajstić information content (AvgIpc) is 2.80. The number of carbonyl (C=O) groups excluding carboxylic acids is 3. The molecule has 2 aliphatic carbocycles. The topological polar surface area (TPSA) is 81.7 Å². The van der Waals surface area contributed by atoms with E-state index >= 15 is 0 Å². The molecule has 210 valence electrons. The number of hydrogen-bond donors (Lipinski definition) is 1. The third-order valence-electron chi connectivity index (χ3n) is 7.59. The van der Waals surface area contributed by atoms with Crippen molar-refractivity contribution in [1.29, 1.82) is 0 Å². The molecule has 0 aromatic rings. The van der Waals surface area contributed by atoms with Crippen LogP contribution in [0, 0.1) is 29.6 Å². The van der Waals surface area contributed by atoms with Gasteiger partial charge in [0.1, 0.15) is 11.9 Å². The molecule has 2 rings (SSSR count). The molecule has 7 heteroatoms. The first kappa shape index (κ1) is 31.5. The van der Waals surface area contributed by atoms with Gasteiger partial charge in [0.25, 0.3) is 0 Å². The number of ether oxygens (including phenoxy) is 1. The highest BCUT2D eigenvalue weighted by Crippen LogP contribution is 2.45. The van der Waals surface area contributed by atoms with Crippen LogP contribution in [0.2, 0.25) is 19.6 Å². The van der Waals surface area contributed by atoms with Gasteiger partial charge >= 0.3 is 5.97 Å². The maximum atomic E-state index is 13.2. The Morgan fingerprint density at radius 1 is 1.14 bits per heavy atom. The number of fused-ring (bicyclic) bond motifs is 1. The highest BCUT2D eigenvalue weighted by atomic mass is 28.4. The lowest BCUT2D eigenvalue weighted by atomic mass is 9.65. The van der Waals surface area contributed by atoms with Crippen molar-refractivity contribution < 1.29 is 23.5 Å². The molecule has 0 aliphatic heterocycles. The molecule has 7 unspecified atom stereocenters. The zero-order valence-electron chi connectivity index (χ0n) is 24.5. The molecule has 0 spiro atoms. The molecule has 37 heavy (non-hydrogen) atoms. The Kier molecular flexibility index (Phi) is 12.3. The van der Waals surface area contributed by atoms with Crippen LogP contribution in [0.1, 0.15) is 79.6 Å². The van der Waals surface area contributed by atoms with Crippen LogP contribution in [0.5, 0.6) is 0 Å². The molecule has 0 fully saturated rings. The van der Waals surface area contributed by atoms with Gasteiger partial charge in [0.2, 0.25) is 5.91 Å². The minimum atomic E-state index is -1.92. The predicted octanol–water partition coefficient (Wildman–Crippen LogP) is 6.22. The third-order valence-corrected chi connectivity index (χ3v) is 8.64. The first-order valence-electron chi connectivity index (χ1n) is 14.4. The van der Waals surface area contributed by atoms with Crippen molar-refractivity contribution in [2.45, 2.75) is 111 Å². The second kappa shape index (κ2) is 14.4. The smallest absolute Gasteiger partial charge is 0.308 e. The summed E-state index contributed by atoms with van der Waals surface area (Å²) in [6.45, 7) is 17.2. The Bertz CT molecular complexity index is 845. The van der Waals surface area contributed by atoms with Crippen molar-refractivity contribution in [3.8, 4) is 0 Å². The van der Waals surface area contributed by atoms with E-state index in [2.05, 4.69) is 57.0 Å². The highest BCUT2D eigenvalue weighted by molar-refractivity contribution is 6.69. The zero-order valence-corrected chi connectivity index (χ0v) is 25.5. The van der Waals surface area contributed by atoms with E-state index in [1.165, 1.54) is 5.57 Å². The number of ketones is 1. The van der Waals surface area contributed by atoms with E-state index in [-0.39, 0.29) is 60.5 Å². The molecular weight excluding hydrogens is 482 g/mol. The molecular formula is C30H51NO5Si. The number of nitrogens with one attached hydrogen (secondary N) is 1. The maximum absolute atomic E-state index is 13.2. The Labute approximate surface area is 226 Å². The van der Waals surface area contributed by atoms with E-state index in [1.54, 1.807) is 0 Å². The Morgan fingerprint density at radius 3 is 2.46 bits per heavy atom. The van der Waals surface area contributed by atoms with Gasteiger partial charge in [-0.3, -0.25) is 14.4 Å². The summed E-state index contributed by atoms with van der Waals surface area (Å²) in [5.74, 6) is 0.834. The summed E-state index contributed by atoms with van der Waals surface area (Å²) in [6.07, 6.45) is 10.3. The second-order valence-electron chi connectivity index (χ2n) is 12.3. The van der Waals surface area contributed by atoms with Crippen LogP contribution >= 0.6 is 0 Å². The SMILES string of the molecule is CCCNC(=O)CC(CC(=O)CCC1C(C)C=CC2=CC(C)CC(OC(=O)C(C)CC)C21)O[Si](C)(C)C. The van der Waals surface area contributed by atoms with Crippen LogP contribution in [-0.4, -0.2) is 44.7 Å². The molecule has 0 radical (unpaired) electrons. The van der Waals surface area contributed by atoms with Gasteiger partial charge in [-0.25, -0.2) is 0 Å². The van der Waals surface area contributed by atoms with Crippen molar-refractivity contribution >= 4 is 26.0 Å². The zero-order chi connectivity index (χ0) is 27.8. The largest absolute Gasteiger partial charge is 0.461 e. The highest BCUT2D eigenvalue weighted by Gasteiger charge is 2.41. The first-order chi connectivity index (χ1) is 17.3. The predicted molar refractivity (Wildman–Crippen MR) is 151 cm³/mol. The molecule has 0 bridgehead atoms. The summed E-state index contributed by atoms with van der Waals surface area (Å²) in [6, 6.07) is 0. The molecule has 0 aromatic heterocycles. The van der Waals surface area contributed by atoms with Gasteiger partial charge in [-0.2, -0.15) is 0 Å². The normalized spacial score (nSPS) is 27.0. The van der Waals surface area contributed by atoms with Crippen molar-refractivity contribution in [1.82, 2.24) is 5.32 Å². The van der Waals surface area contributed by atoms with Crippen molar-refractivity contribution in [3.05, 3.63) is 23.8 Å². The van der Waals surface area contributed by atoms with Gasteiger partial charge in [0, 0.05) is 25.3 Å². The second-order valence-corrected chi connectivity index (χ2v) is 16.7. The quantitative estimate of drug-likeness (QED) is 0.212. The van der Waals surface area contributed by atoms with Crippen LogP contribution in [-0.2, 0) is 23.5 Å². The number of hydrogen-bond acceptors (Lipinski definition) is 5. The Hall–Kier alpha value is -1.73. The van der Waals surface area contributed by atoms with E-state index in [9.17, 15) is 14.4 Å². The fourth-order valence-electron chi connectivity index (χ4n) is 5.54. The molecule has 1 N–H and O–H groups in total. The van der Waals surface area contributed by atoms with Crippen molar-refractivity contribution in [2.75, 3.05) is 6.54 Å². The van der Waals surface area contributed by atoms with Crippen LogP contribution in [0.25, 0.3) is 0 Å². The van der Waals surface area contributed by atoms with Gasteiger partial charge in [-0.1, -0.05) is 52.8 Å². The molecule has 1 amide bonds. The number of rotatable bonds is 14. The fourth-order valence-corrected chi connectivity index (χ4v) is 6.70. The van der Waals surface area contributed by atoms with Crippen LogP contribution < -0.4 is 5.32 Å². The minimum Gasteiger partial charge on any atom is -0.461 e. The molecule has 2 aliphatic rings. The minimum absolute atomic E-state index is 0.0546. The fraction of sp³-hybridized carbons (Fsp3) is 0.767. The lowest BCUT2D eigenvalue weighted by Gasteiger charge is -2.43. The summed E-state index contributed by atoms with van der Waals surface area (Å²) in [4.78, 5) is 38.2. The van der Waals surface area contributed by atoms with Crippen LogP contribution in [0.4, 0.5) is 0 Å². The molecule has 0 saturated heterocycles. The molecule has 0 saturated carbocycles. The molecule has 0 heterocycles. The maximum Gasteiger partial charge on any atom is 0.308 e. The Balaban J connectivity index is 2.10. The summed E-state index contributed by atoms with van der Waals surface area (Å²) in [7, 11) is -1.92. The van der Waals surface area contributed by atoms with Gasteiger partial charge in [-0.05, 0) is 68.7 Å². The number of esters is 1. The first-order valence-corrected chi connectivity index (χ1v) is 17.8. The van der Waals surface area contributed by atoms with E-state index in [4.69, 9.17) is 9.16 Å². The Morgan fingerprint density at radius 2 is 1.84 bits per heavy atom. The standard InChI is InChI=1S/C30H51NO5Si/c1-9-15-31-28(33)19-25(36-37(6,7)8)18-24(32)13-14-26-22(5)11-12-23-16-20(3)17-27(29(23)26)35-30(34)21(4)10-2/h11-12,16,20-22,25-27,29H,9-10,13-15,17-19H2,1-8H3,(H,31,33). The van der Waals surface area contributed by atoms with E-state index in [0.29, 0.717) is 24.8 Å². The summed E-state index contributed by atoms with van der Waals surface area (Å²) in [5.41, 5.74) is 1.24. The van der Waals surface area contributed by atoms with Crippen molar-refractivity contribution in [2.24, 2.45) is 29.6 Å². The van der Waals surface area contributed by atoms with Gasteiger partial charge in [-0.15, -0.1) is 0 Å². The number of Topliss-reactive ketones (excluding diaryl/α,β-unsaturated/α-hetero) is 1. The number of carbonyl (C=O) groups is 3. The van der Waals surface area contributed by atoms with E-state index in [0.717, 1.165) is 25.7 Å². The molecule has 6 nitrogen and oxygen atoms in total. The van der Waals surface area contributed by atoms with E-state index < -0.39 is 8.32 Å². The van der Waals surface area contributed by atoms with E-state index in [1.807, 2.05) is 20.8 Å². The van der Waals surface area contributed by atoms with Crippen molar-refractivity contribution in [3.63, 3.8) is 0 Å². The van der Waals surface area contributed by atoms with Gasteiger partial charge in [0.05, 0.1) is 18.4 Å². The monoisotopic (exact) mass is 533 g/mol. The van der Waals surface area contributed by atoms with Gasteiger partial charge in [0.15, 0.2) is 8.32 Å². The lowest BCUT2D eigenvalue weighted by molar-refractivity contribution is -0.158. The lowest BCUT2D eigenvalue weighted by Crippen LogP contribution is -2.41. The van der Waals surface area contributed by atoms with Crippen LogP contribution in [0.15, 0.2) is 23.8 Å². The molecule has 0 aromatic carbocycles. The third kappa shape index (κ3) is 10.2. The summed E-state index contributed by atoms with van der Waals surface area (Å²) in [5, 5.41) is 2.91. The van der Waals surface area contributed by atoms with Crippen LogP contribution in [0.3, 0.4) is 0 Å². The summed E-state index contributed by atoms with van der Waals surface area (Å²) < 4.78 is 12.3. The number of amides is 1.